The van der Waals surface area contributed by atoms with Crippen molar-refractivity contribution in [3.8, 4) is 0 Å². The van der Waals surface area contributed by atoms with Gasteiger partial charge in [0.25, 0.3) is 0 Å². The first-order valence-corrected chi connectivity index (χ1v) is 8.32. The molecule has 0 spiro atoms. The number of hydrogen-bond donors (Lipinski definition) is 1. The first-order valence-electron chi connectivity index (χ1n) is 8.32. The Labute approximate surface area is 140 Å². The molecule has 2 aromatic rings. The third-order valence-corrected chi connectivity index (χ3v) is 4.28. The Morgan fingerprint density at radius 1 is 1.33 bits per heavy atom. The molecule has 1 aromatic heterocycles. The van der Waals surface area contributed by atoms with E-state index in [4.69, 9.17) is 4.74 Å². The zero-order valence-corrected chi connectivity index (χ0v) is 13.6. The molecule has 1 fully saturated rings. The molecule has 0 bridgehead atoms. The molecule has 1 aromatic carbocycles. The molecule has 1 amide bonds. The van der Waals surface area contributed by atoms with E-state index in [9.17, 15) is 9.18 Å². The summed E-state index contributed by atoms with van der Waals surface area (Å²) in [5.74, 6) is -0.0661. The standard InChI is InChI=1S/C18H22FN3O2/c19-16-6-4-14(5-7-16)10-17-13-22(8-9-24-17)18(23)3-1-2-15-11-20-21-12-15/h4-7,11-12,17H,1-3,8-10,13H2,(H,20,21). The summed E-state index contributed by atoms with van der Waals surface area (Å²) < 4.78 is 18.7. The summed E-state index contributed by atoms with van der Waals surface area (Å²) in [5.41, 5.74) is 2.15. The van der Waals surface area contributed by atoms with Gasteiger partial charge in [0, 0.05) is 32.1 Å². The number of H-pyrrole nitrogens is 1. The molecule has 24 heavy (non-hydrogen) atoms. The highest BCUT2D eigenvalue weighted by Gasteiger charge is 2.24. The van der Waals surface area contributed by atoms with E-state index in [-0.39, 0.29) is 17.8 Å². The molecule has 5 nitrogen and oxygen atoms in total. The molecule has 0 aliphatic carbocycles. The fourth-order valence-electron chi connectivity index (χ4n) is 2.97. The second-order valence-corrected chi connectivity index (χ2v) is 6.12. The van der Waals surface area contributed by atoms with Gasteiger partial charge in [0.2, 0.25) is 5.91 Å². The van der Waals surface area contributed by atoms with Crippen molar-refractivity contribution in [2.75, 3.05) is 19.7 Å². The number of aromatic amines is 1. The van der Waals surface area contributed by atoms with Crippen LogP contribution in [0.2, 0.25) is 0 Å². The number of nitrogens with zero attached hydrogens (tertiary/aromatic N) is 2. The third-order valence-electron chi connectivity index (χ3n) is 4.28. The fraction of sp³-hybridized carbons (Fsp3) is 0.444. The summed E-state index contributed by atoms with van der Waals surface area (Å²) in [6.07, 6.45) is 6.52. The first kappa shape index (κ1) is 16.6. The van der Waals surface area contributed by atoms with E-state index in [1.54, 1.807) is 18.3 Å². The number of carbonyl (C=O) groups excluding carboxylic acids is 1. The number of carbonyl (C=O) groups is 1. The summed E-state index contributed by atoms with van der Waals surface area (Å²) in [5, 5.41) is 6.68. The molecule has 2 heterocycles. The average molecular weight is 331 g/mol. The SMILES string of the molecule is O=C(CCCc1cn[nH]c1)N1CCOC(Cc2ccc(F)cc2)C1. The van der Waals surface area contributed by atoms with E-state index in [2.05, 4.69) is 10.2 Å². The lowest BCUT2D eigenvalue weighted by atomic mass is 10.1. The van der Waals surface area contributed by atoms with E-state index < -0.39 is 0 Å². The number of amides is 1. The normalized spacial score (nSPS) is 17.9. The molecule has 1 N–H and O–H groups in total. The quantitative estimate of drug-likeness (QED) is 0.884. The lowest BCUT2D eigenvalue weighted by molar-refractivity contribution is -0.138. The highest BCUT2D eigenvalue weighted by molar-refractivity contribution is 5.76. The van der Waals surface area contributed by atoms with Crippen molar-refractivity contribution in [1.82, 2.24) is 15.1 Å². The van der Waals surface area contributed by atoms with Crippen LogP contribution in [0.3, 0.4) is 0 Å². The highest BCUT2D eigenvalue weighted by atomic mass is 19.1. The average Bonchev–Trinajstić information content (AvgIpc) is 3.10. The third kappa shape index (κ3) is 4.64. The van der Waals surface area contributed by atoms with E-state index in [1.165, 1.54) is 12.1 Å². The summed E-state index contributed by atoms with van der Waals surface area (Å²) in [7, 11) is 0. The lowest BCUT2D eigenvalue weighted by Gasteiger charge is -2.33. The zero-order valence-electron chi connectivity index (χ0n) is 13.6. The number of hydrogen-bond acceptors (Lipinski definition) is 3. The van der Waals surface area contributed by atoms with E-state index >= 15 is 0 Å². The van der Waals surface area contributed by atoms with Gasteiger partial charge in [-0.2, -0.15) is 5.10 Å². The van der Waals surface area contributed by atoms with Gasteiger partial charge in [0.1, 0.15) is 5.82 Å². The maximum Gasteiger partial charge on any atom is 0.222 e. The number of aryl methyl sites for hydroxylation is 1. The highest BCUT2D eigenvalue weighted by Crippen LogP contribution is 2.14. The van der Waals surface area contributed by atoms with Crippen LogP contribution >= 0.6 is 0 Å². The molecule has 1 aliphatic rings. The van der Waals surface area contributed by atoms with E-state index in [1.807, 2.05) is 11.1 Å². The van der Waals surface area contributed by atoms with Gasteiger partial charge in [0.05, 0.1) is 18.9 Å². The summed E-state index contributed by atoms with van der Waals surface area (Å²) in [6.45, 7) is 1.80. The minimum Gasteiger partial charge on any atom is -0.374 e. The van der Waals surface area contributed by atoms with Crippen LogP contribution in [0.1, 0.15) is 24.0 Å². The minimum absolute atomic E-state index is 0.0259. The molecule has 6 heteroatoms. The van der Waals surface area contributed by atoms with Gasteiger partial charge < -0.3 is 9.64 Å². The van der Waals surface area contributed by atoms with Gasteiger partial charge in [-0.05, 0) is 36.1 Å². The van der Waals surface area contributed by atoms with Gasteiger partial charge in [0.15, 0.2) is 0 Å². The molecule has 3 rings (SSSR count). The van der Waals surface area contributed by atoms with Crippen molar-refractivity contribution in [2.24, 2.45) is 0 Å². The zero-order chi connectivity index (χ0) is 16.8. The first-order chi connectivity index (χ1) is 11.7. The van der Waals surface area contributed by atoms with Crippen LogP contribution in [0.5, 0.6) is 0 Å². The van der Waals surface area contributed by atoms with Crippen LogP contribution < -0.4 is 0 Å². The van der Waals surface area contributed by atoms with Crippen molar-refractivity contribution in [2.45, 2.75) is 31.8 Å². The van der Waals surface area contributed by atoms with Crippen molar-refractivity contribution >= 4 is 5.91 Å². The molecular weight excluding hydrogens is 309 g/mol. The Kier molecular flexibility index (Phi) is 5.59. The molecule has 1 aliphatic heterocycles. The van der Waals surface area contributed by atoms with Crippen LogP contribution in [0.15, 0.2) is 36.7 Å². The molecule has 0 saturated carbocycles. The Balaban J connectivity index is 1.45. The molecule has 1 unspecified atom stereocenters. The van der Waals surface area contributed by atoms with Gasteiger partial charge in [-0.1, -0.05) is 12.1 Å². The molecule has 1 saturated heterocycles. The van der Waals surface area contributed by atoms with Gasteiger partial charge in [-0.15, -0.1) is 0 Å². The Morgan fingerprint density at radius 3 is 2.92 bits per heavy atom. The minimum atomic E-state index is -0.238. The predicted octanol–water partition coefficient (Wildman–Crippen LogP) is 2.34. The number of nitrogens with one attached hydrogen (secondary N) is 1. The smallest absolute Gasteiger partial charge is 0.222 e. The number of halogens is 1. The summed E-state index contributed by atoms with van der Waals surface area (Å²) >= 11 is 0. The van der Waals surface area contributed by atoms with Crippen molar-refractivity contribution in [3.05, 3.63) is 53.6 Å². The number of rotatable bonds is 6. The molecular formula is C18H22FN3O2. The Hall–Kier alpha value is -2.21. The molecule has 1 atom stereocenters. The lowest BCUT2D eigenvalue weighted by Crippen LogP contribution is -2.46. The van der Waals surface area contributed by atoms with Crippen molar-refractivity contribution in [1.29, 1.82) is 0 Å². The van der Waals surface area contributed by atoms with Gasteiger partial charge >= 0.3 is 0 Å². The Morgan fingerprint density at radius 2 is 2.17 bits per heavy atom. The van der Waals surface area contributed by atoms with E-state index in [0.29, 0.717) is 32.5 Å². The van der Waals surface area contributed by atoms with Crippen LogP contribution in [0.25, 0.3) is 0 Å². The van der Waals surface area contributed by atoms with Crippen molar-refractivity contribution < 1.29 is 13.9 Å². The second-order valence-electron chi connectivity index (χ2n) is 6.12. The fourth-order valence-corrected chi connectivity index (χ4v) is 2.97. The van der Waals surface area contributed by atoms with Crippen LogP contribution in [-0.4, -0.2) is 46.8 Å². The second kappa shape index (κ2) is 8.06. The molecule has 128 valence electrons. The topological polar surface area (TPSA) is 58.2 Å². The number of aromatic nitrogens is 2. The summed E-state index contributed by atoms with van der Waals surface area (Å²) in [6, 6.07) is 6.45. The number of benzene rings is 1. The van der Waals surface area contributed by atoms with Crippen LogP contribution in [0, 0.1) is 5.82 Å². The number of ether oxygens (including phenoxy) is 1. The Bertz CT molecular complexity index is 643. The van der Waals surface area contributed by atoms with Gasteiger partial charge in [-0.25, -0.2) is 4.39 Å². The van der Waals surface area contributed by atoms with Crippen LogP contribution in [-0.2, 0) is 22.4 Å². The monoisotopic (exact) mass is 331 g/mol. The summed E-state index contributed by atoms with van der Waals surface area (Å²) in [4.78, 5) is 14.2. The van der Waals surface area contributed by atoms with Crippen LogP contribution in [0.4, 0.5) is 4.39 Å². The van der Waals surface area contributed by atoms with Crippen molar-refractivity contribution in [3.63, 3.8) is 0 Å². The maximum atomic E-state index is 13.0. The maximum absolute atomic E-state index is 13.0. The van der Waals surface area contributed by atoms with Gasteiger partial charge in [-0.3, -0.25) is 9.89 Å². The van der Waals surface area contributed by atoms with E-state index in [0.717, 1.165) is 24.0 Å². The molecule has 0 radical (unpaired) electrons. The predicted molar refractivity (Wildman–Crippen MR) is 87.9 cm³/mol. The number of morpholine rings is 1. The largest absolute Gasteiger partial charge is 0.374 e.